The Hall–Kier alpha value is -5.87. The van der Waals surface area contributed by atoms with E-state index in [-0.39, 0.29) is 0 Å². The smallest absolute Gasteiger partial charge is 0.225 e. The Morgan fingerprint density at radius 1 is 0.780 bits per heavy atom. The number of thiazole rings is 2. The van der Waals surface area contributed by atoms with Crippen LogP contribution in [0.4, 0.5) is 11.9 Å². The van der Waals surface area contributed by atoms with E-state index in [1.807, 2.05) is 54.6 Å². The van der Waals surface area contributed by atoms with E-state index in [4.69, 9.17) is 0 Å². The molecule has 0 radical (unpaired) electrons. The number of anilines is 2. The first-order valence-electron chi connectivity index (χ1n) is 16.0. The van der Waals surface area contributed by atoms with Crippen molar-refractivity contribution in [3.63, 3.8) is 0 Å². The molecule has 0 amide bonds. The van der Waals surface area contributed by atoms with Gasteiger partial charge in [-0.2, -0.15) is 10.5 Å². The lowest BCUT2D eigenvalue weighted by Crippen LogP contribution is -2.44. The third kappa shape index (κ3) is 7.55. The summed E-state index contributed by atoms with van der Waals surface area (Å²) in [6.07, 6.45) is 7.63. The number of hydrogen-bond acceptors (Lipinski definition) is 14. The number of hydrogen-bond donors (Lipinski definition) is 3. The molecule has 3 N–H and O–H groups in total. The predicted molar refractivity (Wildman–Crippen MR) is 194 cm³/mol. The summed E-state index contributed by atoms with van der Waals surface area (Å²) in [6.45, 7) is 4.27. The highest BCUT2D eigenvalue weighted by atomic mass is 32.1. The van der Waals surface area contributed by atoms with Gasteiger partial charge in [-0.3, -0.25) is 0 Å². The minimum absolute atomic E-state index is 0.466. The molecule has 2 atom stereocenters. The van der Waals surface area contributed by atoms with Crippen LogP contribution in [0, 0.1) is 22.7 Å². The molecule has 7 aromatic rings. The van der Waals surface area contributed by atoms with Crippen LogP contribution in [-0.4, -0.2) is 72.6 Å². The first kappa shape index (κ1) is 32.7. The van der Waals surface area contributed by atoms with E-state index < -0.39 is 11.8 Å². The van der Waals surface area contributed by atoms with Crippen LogP contribution in [0.5, 0.6) is 0 Å². The topological polar surface area (TPSA) is 181 Å². The Bertz CT molecular complexity index is 2200. The van der Waals surface area contributed by atoms with Crippen LogP contribution in [0.2, 0.25) is 0 Å². The average molecular weight is 698 g/mol. The Balaban J connectivity index is 0.000000157. The van der Waals surface area contributed by atoms with Gasteiger partial charge in [-0.25, -0.2) is 34.9 Å². The Kier molecular flexibility index (Phi) is 10.2. The lowest BCUT2D eigenvalue weighted by Gasteiger charge is -2.27. The van der Waals surface area contributed by atoms with Crippen LogP contribution in [0.15, 0.2) is 85.6 Å². The van der Waals surface area contributed by atoms with E-state index in [1.54, 1.807) is 42.3 Å². The number of nitrogens with one attached hydrogen (secondary N) is 3. The lowest BCUT2D eigenvalue weighted by atomic mass is 10.1. The number of para-hydroxylation sites is 2. The molecule has 0 saturated carbocycles. The zero-order chi connectivity index (χ0) is 34.1. The number of benzene rings is 2. The monoisotopic (exact) mass is 697 g/mol. The molecule has 1 fully saturated rings. The fraction of sp³-hybridized carbons (Fsp3) is 0.229. The van der Waals surface area contributed by atoms with Crippen molar-refractivity contribution in [1.29, 1.82) is 10.5 Å². The van der Waals surface area contributed by atoms with Crippen LogP contribution < -0.4 is 15.5 Å². The van der Waals surface area contributed by atoms with Crippen molar-refractivity contribution in [2.24, 2.45) is 0 Å². The van der Waals surface area contributed by atoms with Crippen molar-refractivity contribution in [1.82, 2.24) is 45.2 Å². The Labute approximate surface area is 295 Å². The molecule has 1 saturated heterocycles. The largest absolute Gasteiger partial charge is 0.354 e. The number of rotatable bonds is 9. The SMILES string of the molecule is N#CC(c1ccnc(N2CCNCC2)n1)c1nc2ccccc2s1.N#CC(c1ccnc(NCCc2cnc[nH]2)n1)c1nc2ccccc2s1. The van der Waals surface area contributed by atoms with Gasteiger partial charge in [-0.15, -0.1) is 22.7 Å². The van der Waals surface area contributed by atoms with Gasteiger partial charge in [-0.1, -0.05) is 24.3 Å². The zero-order valence-corrected chi connectivity index (χ0v) is 28.4. The van der Waals surface area contributed by atoms with E-state index in [9.17, 15) is 10.5 Å². The number of H-pyrrole nitrogens is 1. The predicted octanol–water partition coefficient (Wildman–Crippen LogP) is 5.27. The summed E-state index contributed by atoms with van der Waals surface area (Å²) in [5.74, 6) is 0.217. The molecular weight excluding hydrogens is 667 g/mol. The van der Waals surface area contributed by atoms with E-state index in [1.165, 1.54) is 11.3 Å². The van der Waals surface area contributed by atoms with Gasteiger partial charge in [0.2, 0.25) is 11.9 Å². The summed E-state index contributed by atoms with van der Waals surface area (Å²) < 4.78 is 2.15. The maximum absolute atomic E-state index is 9.69. The summed E-state index contributed by atoms with van der Waals surface area (Å²) in [7, 11) is 0. The average Bonchev–Trinajstić information content (AvgIpc) is 3.94. The van der Waals surface area contributed by atoms with Gasteiger partial charge in [0.25, 0.3) is 0 Å². The van der Waals surface area contributed by atoms with Gasteiger partial charge in [0.05, 0.1) is 50.3 Å². The van der Waals surface area contributed by atoms with Crippen LogP contribution in [0.1, 0.15) is 38.9 Å². The second-order valence-electron chi connectivity index (χ2n) is 11.2. The summed E-state index contributed by atoms with van der Waals surface area (Å²) in [5, 5.41) is 27.4. The molecule has 2 unspecified atom stereocenters. The molecule has 8 rings (SSSR count). The normalized spacial score (nSPS) is 13.9. The van der Waals surface area contributed by atoms with E-state index in [2.05, 4.69) is 67.5 Å². The molecule has 13 nitrogen and oxygen atoms in total. The molecule has 5 aromatic heterocycles. The molecule has 15 heteroatoms. The standard InChI is InChI=1S/C18H15N7S.C17H16N6S/c19-9-13(17-24-15-3-1-2-4-16(15)26-17)14-6-8-22-18(25-14)21-7-5-12-10-20-11-23-12;18-11-12(16-21-14-3-1-2-4-15(14)24-16)13-5-6-20-17(22-13)23-9-7-19-8-10-23/h1-4,6,8,10-11,13H,5,7H2,(H,20,23)(H,21,22,25);1-6,12,19H,7-10H2. The van der Waals surface area contributed by atoms with Gasteiger partial charge in [0, 0.05) is 63.4 Å². The zero-order valence-electron chi connectivity index (χ0n) is 26.8. The first-order chi connectivity index (χ1) is 24.7. The van der Waals surface area contributed by atoms with Gasteiger partial charge in [0.1, 0.15) is 21.9 Å². The minimum Gasteiger partial charge on any atom is -0.354 e. The van der Waals surface area contributed by atoms with Gasteiger partial charge >= 0.3 is 0 Å². The summed E-state index contributed by atoms with van der Waals surface area (Å²) in [5.41, 5.74) is 4.22. The van der Waals surface area contributed by atoms with Crippen molar-refractivity contribution in [2.75, 3.05) is 42.9 Å². The minimum atomic E-state index is -0.511. The van der Waals surface area contributed by atoms with Gasteiger partial charge in [0.15, 0.2) is 0 Å². The van der Waals surface area contributed by atoms with E-state index in [0.29, 0.717) is 29.8 Å². The third-order valence-corrected chi connectivity index (χ3v) is 10.1. The van der Waals surface area contributed by atoms with E-state index >= 15 is 0 Å². The van der Waals surface area contributed by atoms with Crippen molar-refractivity contribution in [3.8, 4) is 12.1 Å². The molecule has 0 bridgehead atoms. The van der Waals surface area contributed by atoms with Crippen LogP contribution in [-0.2, 0) is 6.42 Å². The second-order valence-corrected chi connectivity index (χ2v) is 13.4. The van der Waals surface area contributed by atoms with Crippen LogP contribution in [0.25, 0.3) is 20.4 Å². The molecule has 1 aliphatic heterocycles. The molecule has 2 aromatic carbocycles. The van der Waals surface area contributed by atoms with Crippen LogP contribution >= 0.6 is 22.7 Å². The molecule has 248 valence electrons. The maximum atomic E-state index is 9.69. The van der Waals surface area contributed by atoms with Crippen molar-refractivity contribution in [2.45, 2.75) is 18.3 Å². The summed E-state index contributed by atoms with van der Waals surface area (Å²) in [4.78, 5) is 36.2. The number of aromatic amines is 1. The van der Waals surface area contributed by atoms with Gasteiger partial charge < -0.3 is 20.5 Å². The molecule has 50 heavy (non-hydrogen) atoms. The Morgan fingerprint density at radius 2 is 1.40 bits per heavy atom. The maximum Gasteiger partial charge on any atom is 0.225 e. The second kappa shape index (κ2) is 15.6. The van der Waals surface area contributed by atoms with Crippen molar-refractivity contribution in [3.05, 3.63) is 113 Å². The molecule has 6 heterocycles. The van der Waals surface area contributed by atoms with Crippen LogP contribution in [0.3, 0.4) is 0 Å². The molecule has 0 aliphatic carbocycles. The highest BCUT2D eigenvalue weighted by Crippen LogP contribution is 2.32. The molecular formula is C35H31N13S2. The third-order valence-electron chi connectivity index (χ3n) is 7.94. The number of piperazine rings is 1. The number of imidazole rings is 1. The number of fused-ring (bicyclic) bond motifs is 2. The lowest BCUT2D eigenvalue weighted by molar-refractivity contribution is 0.578. The highest BCUT2D eigenvalue weighted by Gasteiger charge is 2.22. The van der Waals surface area contributed by atoms with Crippen molar-refractivity contribution < 1.29 is 0 Å². The summed E-state index contributed by atoms with van der Waals surface area (Å²) >= 11 is 3.07. The summed E-state index contributed by atoms with van der Waals surface area (Å²) in [6, 6.07) is 24.1. The highest BCUT2D eigenvalue weighted by molar-refractivity contribution is 7.19. The van der Waals surface area contributed by atoms with Gasteiger partial charge in [-0.05, 0) is 36.4 Å². The first-order valence-corrected chi connectivity index (χ1v) is 17.6. The fourth-order valence-corrected chi connectivity index (χ4v) is 7.46. The molecule has 1 aliphatic rings. The number of aromatic nitrogens is 8. The number of nitrogens with zero attached hydrogens (tertiary/aromatic N) is 10. The fourth-order valence-electron chi connectivity index (χ4n) is 5.41. The Morgan fingerprint density at radius 3 is 2.00 bits per heavy atom. The van der Waals surface area contributed by atoms with E-state index in [0.717, 1.165) is 68.7 Å². The molecule has 0 spiro atoms. The number of nitriles is 2. The quantitative estimate of drug-likeness (QED) is 0.178. The van der Waals surface area contributed by atoms with Crippen molar-refractivity contribution >= 4 is 55.0 Å².